The van der Waals surface area contributed by atoms with Gasteiger partial charge < -0.3 is 10.6 Å². The van der Waals surface area contributed by atoms with E-state index in [2.05, 4.69) is 15.6 Å². The van der Waals surface area contributed by atoms with Crippen LogP contribution in [0.2, 0.25) is 0 Å². The average Bonchev–Trinajstić information content (AvgIpc) is 3.00. The highest BCUT2D eigenvalue weighted by Gasteiger charge is 2.15. The molecule has 6 heteroatoms. The fourth-order valence-electron chi connectivity index (χ4n) is 1.94. The normalized spacial score (nSPS) is 11.7. The van der Waals surface area contributed by atoms with Gasteiger partial charge in [0.15, 0.2) is 0 Å². The van der Waals surface area contributed by atoms with E-state index < -0.39 is 0 Å². The standard InChI is InChI=1S/C16H19N3O2S/c1-11-4-3-5-14(18-11)19-15(20)6-8-17-16(21)12(2)13-7-9-22-10-13/h3-5,7,9-10,12H,6,8H2,1-2H3,(H,17,21)(H,18,19,20)/t12-/m1/s1. The smallest absolute Gasteiger partial charge is 0.227 e. The van der Waals surface area contributed by atoms with Crippen LogP contribution in [-0.2, 0) is 9.59 Å². The number of aryl methyl sites for hydroxylation is 1. The van der Waals surface area contributed by atoms with Crippen molar-refractivity contribution in [3.8, 4) is 0 Å². The van der Waals surface area contributed by atoms with Crippen LogP contribution in [0.15, 0.2) is 35.0 Å². The van der Waals surface area contributed by atoms with Gasteiger partial charge in [0.25, 0.3) is 0 Å². The second kappa shape index (κ2) is 7.70. The Balaban J connectivity index is 1.74. The molecule has 22 heavy (non-hydrogen) atoms. The van der Waals surface area contributed by atoms with Crippen LogP contribution < -0.4 is 10.6 Å². The lowest BCUT2D eigenvalue weighted by Crippen LogP contribution is -2.30. The highest BCUT2D eigenvalue weighted by molar-refractivity contribution is 7.08. The van der Waals surface area contributed by atoms with E-state index in [0.717, 1.165) is 11.3 Å². The van der Waals surface area contributed by atoms with Gasteiger partial charge in [-0.2, -0.15) is 11.3 Å². The molecule has 2 aromatic heterocycles. The summed E-state index contributed by atoms with van der Waals surface area (Å²) in [6.45, 7) is 4.03. The number of carbonyl (C=O) groups is 2. The first-order chi connectivity index (χ1) is 10.6. The molecule has 0 spiro atoms. The summed E-state index contributed by atoms with van der Waals surface area (Å²) in [5, 5.41) is 9.40. The molecule has 0 aliphatic carbocycles. The van der Waals surface area contributed by atoms with Crippen molar-refractivity contribution < 1.29 is 9.59 Å². The van der Waals surface area contributed by atoms with E-state index in [4.69, 9.17) is 0 Å². The van der Waals surface area contributed by atoms with Crippen LogP contribution in [0.3, 0.4) is 0 Å². The van der Waals surface area contributed by atoms with Gasteiger partial charge in [0.05, 0.1) is 5.92 Å². The summed E-state index contributed by atoms with van der Waals surface area (Å²) in [6, 6.07) is 7.37. The predicted molar refractivity (Wildman–Crippen MR) is 88.0 cm³/mol. The van der Waals surface area contributed by atoms with Gasteiger partial charge in [-0.1, -0.05) is 6.07 Å². The van der Waals surface area contributed by atoms with Crippen LogP contribution in [0.1, 0.15) is 30.5 Å². The van der Waals surface area contributed by atoms with E-state index in [1.54, 1.807) is 17.4 Å². The van der Waals surface area contributed by atoms with Crippen LogP contribution in [-0.4, -0.2) is 23.3 Å². The van der Waals surface area contributed by atoms with Gasteiger partial charge in [-0.05, 0) is 48.4 Å². The van der Waals surface area contributed by atoms with Crippen LogP contribution >= 0.6 is 11.3 Å². The Morgan fingerprint density at radius 3 is 2.82 bits per heavy atom. The molecular weight excluding hydrogens is 298 g/mol. The molecule has 0 saturated heterocycles. The molecule has 0 fully saturated rings. The van der Waals surface area contributed by atoms with E-state index in [1.165, 1.54) is 0 Å². The SMILES string of the molecule is Cc1cccc(NC(=O)CCNC(=O)[C@H](C)c2ccsc2)n1. The van der Waals surface area contributed by atoms with Crippen molar-refractivity contribution in [3.63, 3.8) is 0 Å². The molecule has 0 radical (unpaired) electrons. The van der Waals surface area contributed by atoms with Gasteiger partial charge in [-0.3, -0.25) is 9.59 Å². The zero-order chi connectivity index (χ0) is 15.9. The summed E-state index contributed by atoms with van der Waals surface area (Å²) >= 11 is 1.57. The molecule has 116 valence electrons. The Morgan fingerprint density at radius 1 is 1.32 bits per heavy atom. The first-order valence-corrected chi connectivity index (χ1v) is 8.04. The number of thiophene rings is 1. The summed E-state index contributed by atoms with van der Waals surface area (Å²) in [5.74, 6) is 0.0946. The van der Waals surface area contributed by atoms with E-state index in [0.29, 0.717) is 12.4 Å². The Labute approximate surface area is 133 Å². The van der Waals surface area contributed by atoms with Gasteiger partial charge in [-0.25, -0.2) is 4.98 Å². The number of pyridine rings is 1. The molecule has 5 nitrogen and oxygen atoms in total. The Bertz CT molecular complexity index is 641. The van der Waals surface area contributed by atoms with E-state index in [9.17, 15) is 9.59 Å². The minimum absolute atomic E-state index is 0.0696. The molecule has 0 bridgehead atoms. The van der Waals surface area contributed by atoms with E-state index in [1.807, 2.05) is 42.8 Å². The lowest BCUT2D eigenvalue weighted by Gasteiger charge is -2.11. The Hall–Kier alpha value is -2.21. The van der Waals surface area contributed by atoms with Crippen LogP contribution in [0, 0.1) is 6.92 Å². The van der Waals surface area contributed by atoms with Gasteiger partial charge in [0.2, 0.25) is 11.8 Å². The Kier molecular flexibility index (Phi) is 5.66. The van der Waals surface area contributed by atoms with Crippen molar-refractivity contribution in [1.82, 2.24) is 10.3 Å². The van der Waals surface area contributed by atoms with Crippen molar-refractivity contribution in [1.29, 1.82) is 0 Å². The second-order valence-corrected chi connectivity index (χ2v) is 5.81. The van der Waals surface area contributed by atoms with Crippen molar-refractivity contribution in [2.24, 2.45) is 0 Å². The predicted octanol–water partition coefficient (Wildman–Crippen LogP) is 2.70. The van der Waals surface area contributed by atoms with Crippen molar-refractivity contribution in [2.45, 2.75) is 26.2 Å². The molecule has 2 N–H and O–H groups in total. The van der Waals surface area contributed by atoms with Crippen molar-refractivity contribution >= 4 is 29.0 Å². The number of hydrogen-bond acceptors (Lipinski definition) is 4. The number of amides is 2. The minimum atomic E-state index is -0.201. The molecule has 0 aromatic carbocycles. The quantitative estimate of drug-likeness (QED) is 0.860. The molecule has 2 aromatic rings. The average molecular weight is 317 g/mol. The molecule has 2 amide bonds. The molecule has 0 unspecified atom stereocenters. The number of carbonyl (C=O) groups excluding carboxylic acids is 2. The molecule has 2 rings (SSSR count). The fraction of sp³-hybridized carbons (Fsp3) is 0.312. The maximum Gasteiger partial charge on any atom is 0.227 e. The van der Waals surface area contributed by atoms with Crippen molar-refractivity contribution in [2.75, 3.05) is 11.9 Å². The third-order valence-corrected chi connectivity index (χ3v) is 3.95. The molecule has 0 aliphatic rings. The highest BCUT2D eigenvalue weighted by Crippen LogP contribution is 2.18. The molecule has 1 atom stereocenters. The van der Waals surface area contributed by atoms with Crippen LogP contribution in [0.25, 0.3) is 0 Å². The number of aromatic nitrogens is 1. The van der Waals surface area contributed by atoms with Crippen LogP contribution in [0.5, 0.6) is 0 Å². The second-order valence-electron chi connectivity index (χ2n) is 5.03. The summed E-state index contributed by atoms with van der Waals surface area (Å²) < 4.78 is 0. The van der Waals surface area contributed by atoms with Gasteiger partial charge >= 0.3 is 0 Å². The van der Waals surface area contributed by atoms with Gasteiger partial charge in [0, 0.05) is 18.7 Å². The lowest BCUT2D eigenvalue weighted by molar-refractivity contribution is -0.122. The lowest BCUT2D eigenvalue weighted by atomic mass is 10.0. The molecule has 0 saturated carbocycles. The third-order valence-electron chi connectivity index (χ3n) is 3.24. The third kappa shape index (κ3) is 4.66. The summed E-state index contributed by atoms with van der Waals surface area (Å²) in [6.07, 6.45) is 0.220. The van der Waals surface area contributed by atoms with Gasteiger partial charge in [-0.15, -0.1) is 0 Å². The monoisotopic (exact) mass is 317 g/mol. The number of nitrogens with zero attached hydrogens (tertiary/aromatic N) is 1. The van der Waals surface area contributed by atoms with Crippen molar-refractivity contribution in [3.05, 3.63) is 46.3 Å². The highest BCUT2D eigenvalue weighted by atomic mass is 32.1. The number of anilines is 1. The van der Waals surface area contributed by atoms with Gasteiger partial charge in [0.1, 0.15) is 5.82 Å². The van der Waals surface area contributed by atoms with E-state index >= 15 is 0 Å². The Morgan fingerprint density at radius 2 is 2.14 bits per heavy atom. The van der Waals surface area contributed by atoms with Crippen LogP contribution in [0.4, 0.5) is 5.82 Å². The number of hydrogen-bond donors (Lipinski definition) is 2. The first kappa shape index (κ1) is 16.2. The minimum Gasteiger partial charge on any atom is -0.355 e. The number of rotatable bonds is 6. The zero-order valence-corrected chi connectivity index (χ0v) is 13.4. The molecular formula is C16H19N3O2S. The summed E-state index contributed by atoms with van der Waals surface area (Å²) in [7, 11) is 0. The van der Waals surface area contributed by atoms with E-state index in [-0.39, 0.29) is 24.2 Å². The topological polar surface area (TPSA) is 71.1 Å². The maximum absolute atomic E-state index is 12.0. The molecule has 2 heterocycles. The maximum atomic E-state index is 12.0. The summed E-state index contributed by atoms with van der Waals surface area (Å²) in [4.78, 5) is 28.0. The largest absolute Gasteiger partial charge is 0.355 e. The molecule has 0 aliphatic heterocycles. The first-order valence-electron chi connectivity index (χ1n) is 7.09. The summed E-state index contributed by atoms with van der Waals surface area (Å²) in [5.41, 5.74) is 1.84. The fourth-order valence-corrected chi connectivity index (χ4v) is 2.70. The zero-order valence-electron chi connectivity index (χ0n) is 12.6. The number of nitrogens with one attached hydrogen (secondary N) is 2.